The summed E-state index contributed by atoms with van der Waals surface area (Å²) in [6.45, 7) is 5.33. The molecular weight excluding hydrogens is 400 g/mol. The van der Waals surface area contributed by atoms with Gasteiger partial charge in [-0.1, -0.05) is 43.7 Å². The molecule has 4 rings (SSSR count). The lowest BCUT2D eigenvalue weighted by Crippen LogP contribution is -2.41. The van der Waals surface area contributed by atoms with Crippen molar-refractivity contribution in [3.8, 4) is 17.1 Å². The summed E-state index contributed by atoms with van der Waals surface area (Å²) in [5.41, 5.74) is 1.93. The number of aromatic nitrogens is 2. The number of anilines is 1. The Morgan fingerprint density at radius 1 is 1.09 bits per heavy atom. The van der Waals surface area contributed by atoms with Crippen LogP contribution in [-0.2, 0) is 6.54 Å². The zero-order chi connectivity index (χ0) is 22.2. The Labute approximate surface area is 190 Å². The number of hydrogen-bond acceptors (Lipinski definition) is 3. The third-order valence-corrected chi connectivity index (χ3v) is 5.98. The number of carbonyl (C=O) groups is 1. The first-order valence-electron chi connectivity index (χ1n) is 11.6. The van der Waals surface area contributed by atoms with Crippen LogP contribution in [0.25, 0.3) is 11.4 Å². The van der Waals surface area contributed by atoms with Crippen LogP contribution >= 0.6 is 0 Å². The Hall–Kier alpha value is -3.28. The Morgan fingerprint density at radius 3 is 2.56 bits per heavy atom. The molecule has 1 fully saturated rings. The third-order valence-electron chi connectivity index (χ3n) is 5.98. The molecule has 0 atom stereocenters. The number of benzene rings is 2. The lowest BCUT2D eigenvalue weighted by atomic mass is 9.97. The molecule has 1 N–H and O–H groups in total. The molecule has 1 aliphatic rings. The van der Waals surface area contributed by atoms with Crippen molar-refractivity contribution in [1.82, 2.24) is 14.5 Å². The zero-order valence-corrected chi connectivity index (χ0v) is 18.7. The summed E-state index contributed by atoms with van der Waals surface area (Å²) in [6.07, 6.45) is 8.06. The fourth-order valence-electron chi connectivity index (χ4n) is 4.07. The number of unbranched alkanes of at least 4 members (excludes halogenated alkanes) is 1. The minimum absolute atomic E-state index is 0.0318. The first-order valence-corrected chi connectivity index (χ1v) is 11.6. The highest BCUT2D eigenvalue weighted by Crippen LogP contribution is 2.24. The molecule has 32 heavy (non-hydrogen) atoms. The number of amides is 2. The van der Waals surface area contributed by atoms with Gasteiger partial charge in [0.2, 0.25) is 0 Å². The number of urea groups is 1. The Kier molecular flexibility index (Phi) is 7.43. The topological polar surface area (TPSA) is 59.4 Å². The second-order valence-corrected chi connectivity index (χ2v) is 8.36. The van der Waals surface area contributed by atoms with E-state index in [0.717, 1.165) is 74.7 Å². The Morgan fingerprint density at radius 2 is 1.84 bits per heavy atom. The van der Waals surface area contributed by atoms with Crippen LogP contribution in [0.3, 0.4) is 0 Å². The van der Waals surface area contributed by atoms with Crippen LogP contribution in [0.2, 0.25) is 0 Å². The van der Waals surface area contributed by atoms with E-state index in [1.165, 1.54) is 0 Å². The van der Waals surface area contributed by atoms with Crippen LogP contribution in [0.4, 0.5) is 10.5 Å². The van der Waals surface area contributed by atoms with Crippen LogP contribution in [0.1, 0.15) is 32.6 Å². The normalized spacial score (nSPS) is 14.3. The van der Waals surface area contributed by atoms with Gasteiger partial charge in [-0.3, -0.25) is 0 Å². The maximum Gasteiger partial charge on any atom is 0.321 e. The molecule has 1 aromatic heterocycles. The number of nitrogens with one attached hydrogen (secondary N) is 1. The van der Waals surface area contributed by atoms with Gasteiger partial charge in [0.1, 0.15) is 11.6 Å². The Balaban J connectivity index is 1.25. The van der Waals surface area contributed by atoms with E-state index in [9.17, 15) is 4.79 Å². The molecule has 6 nitrogen and oxygen atoms in total. The summed E-state index contributed by atoms with van der Waals surface area (Å²) in [4.78, 5) is 19.2. The van der Waals surface area contributed by atoms with Gasteiger partial charge in [-0.05, 0) is 49.4 Å². The van der Waals surface area contributed by atoms with Gasteiger partial charge in [0, 0.05) is 43.3 Å². The summed E-state index contributed by atoms with van der Waals surface area (Å²) < 4.78 is 7.92. The van der Waals surface area contributed by atoms with Crippen LogP contribution in [-0.4, -0.2) is 40.2 Å². The van der Waals surface area contributed by atoms with Crippen LogP contribution < -0.4 is 10.1 Å². The van der Waals surface area contributed by atoms with Gasteiger partial charge in [0.25, 0.3) is 0 Å². The van der Waals surface area contributed by atoms with Gasteiger partial charge in [0.05, 0.1) is 6.61 Å². The van der Waals surface area contributed by atoms with Gasteiger partial charge in [-0.15, -0.1) is 0 Å². The van der Waals surface area contributed by atoms with E-state index in [2.05, 4.69) is 40.1 Å². The molecule has 0 unspecified atom stereocenters. The molecule has 3 aromatic rings. The first-order chi connectivity index (χ1) is 15.7. The van der Waals surface area contributed by atoms with Crippen molar-refractivity contribution in [2.75, 3.05) is 25.0 Å². The minimum atomic E-state index is -0.0318. The number of hydrogen-bond donors (Lipinski definition) is 1. The fraction of sp³-hybridized carbons (Fsp3) is 0.385. The van der Waals surface area contributed by atoms with E-state index in [4.69, 9.17) is 4.74 Å². The molecule has 168 valence electrons. The molecule has 0 spiro atoms. The van der Waals surface area contributed by atoms with E-state index < -0.39 is 0 Å². The van der Waals surface area contributed by atoms with Gasteiger partial charge in [-0.2, -0.15) is 0 Å². The standard InChI is InChI=1S/C26H32N4O2/c1-2-3-19-32-24-11-9-23(10-12-24)28-26(31)29-16-13-21(14-17-29)20-30-18-15-27-25(30)22-7-5-4-6-8-22/h4-12,15,18,21H,2-3,13-14,16-17,19-20H2,1H3,(H,28,31). The molecule has 0 saturated carbocycles. The van der Waals surface area contributed by atoms with E-state index in [1.807, 2.05) is 53.6 Å². The van der Waals surface area contributed by atoms with Crippen molar-refractivity contribution < 1.29 is 9.53 Å². The van der Waals surface area contributed by atoms with Crippen molar-refractivity contribution >= 4 is 11.7 Å². The second kappa shape index (κ2) is 10.8. The van der Waals surface area contributed by atoms with Crippen LogP contribution in [0.5, 0.6) is 5.75 Å². The van der Waals surface area contributed by atoms with E-state index in [1.54, 1.807) is 0 Å². The van der Waals surface area contributed by atoms with Gasteiger partial charge in [0.15, 0.2) is 0 Å². The molecule has 6 heteroatoms. The highest BCUT2D eigenvalue weighted by molar-refractivity contribution is 5.89. The summed E-state index contributed by atoms with van der Waals surface area (Å²) in [6, 6.07) is 17.9. The lowest BCUT2D eigenvalue weighted by Gasteiger charge is -2.32. The summed E-state index contributed by atoms with van der Waals surface area (Å²) in [7, 11) is 0. The molecular formula is C26H32N4O2. The minimum Gasteiger partial charge on any atom is -0.494 e. The van der Waals surface area contributed by atoms with Gasteiger partial charge < -0.3 is 19.5 Å². The zero-order valence-electron chi connectivity index (χ0n) is 18.7. The predicted octanol–water partition coefficient (Wildman–Crippen LogP) is 5.67. The van der Waals surface area contributed by atoms with Crippen molar-refractivity contribution in [3.05, 3.63) is 67.0 Å². The molecule has 0 radical (unpaired) electrons. The van der Waals surface area contributed by atoms with Crippen molar-refractivity contribution in [2.24, 2.45) is 5.92 Å². The second-order valence-electron chi connectivity index (χ2n) is 8.36. The number of imidazole rings is 1. The quantitative estimate of drug-likeness (QED) is 0.466. The largest absolute Gasteiger partial charge is 0.494 e. The summed E-state index contributed by atoms with van der Waals surface area (Å²) in [5.74, 6) is 2.38. The molecule has 2 heterocycles. The number of piperidine rings is 1. The summed E-state index contributed by atoms with van der Waals surface area (Å²) >= 11 is 0. The fourth-order valence-corrected chi connectivity index (χ4v) is 4.07. The van der Waals surface area contributed by atoms with Crippen molar-refractivity contribution in [2.45, 2.75) is 39.2 Å². The van der Waals surface area contributed by atoms with Gasteiger partial charge >= 0.3 is 6.03 Å². The van der Waals surface area contributed by atoms with E-state index in [0.29, 0.717) is 5.92 Å². The average molecular weight is 433 g/mol. The lowest BCUT2D eigenvalue weighted by molar-refractivity contribution is 0.177. The SMILES string of the molecule is CCCCOc1ccc(NC(=O)N2CCC(Cn3ccnc3-c3ccccc3)CC2)cc1. The van der Waals surface area contributed by atoms with Gasteiger partial charge in [-0.25, -0.2) is 9.78 Å². The van der Waals surface area contributed by atoms with Crippen molar-refractivity contribution in [3.63, 3.8) is 0 Å². The number of likely N-dealkylation sites (tertiary alicyclic amines) is 1. The van der Waals surface area contributed by atoms with E-state index >= 15 is 0 Å². The van der Waals surface area contributed by atoms with E-state index in [-0.39, 0.29) is 6.03 Å². The average Bonchev–Trinajstić information content (AvgIpc) is 3.29. The molecule has 0 aliphatic carbocycles. The van der Waals surface area contributed by atoms with Crippen molar-refractivity contribution in [1.29, 1.82) is 0 Å². The monoisotopic (exact) mass is 432 g/mol. The van der Waals surface area contributed by atoms with Crippen LogP contribution in [0.15, 0.2) is 67.0 Å². The molecule has 2 aromatic carbocycles. The van der Waals surface area contributed by atoms with Crippen LogP contribution in [0, 0.1) is 5.92 Å². The Bertz CT molecular complexity index is 977. The highest BCUT2D eigenvalue weighted by Gasteiger charge is 2.23. The number of nitrogens with zero attached hydrogens (tertiary/aromatic N) is 3. The highest BCUT2D eigenvalue weighted by atomic mass is 16.5. The number of carbonyl (C=O) groups excluding carboxylic acids is 1. The molecule has 1 aliphatic heterocycles. The smallest absolute Gasteiger partial charge is 0.321 e. The summed E-state index contributed by atoms with van der Waals surface area (Å²) in [5, 5.41) is 3.01. The predicted molar refractivity (Wildman–Crippen MR) is 128 cm³/mol. The molecule has 2 amide bonds. The first kappa shape index (κ1) is 21.9. The molecule has 0 bridgehead atoms. The number of rotatable bonds is 8. The maximum atomic E-state index is 12.7. The molecule has 1 saturated heterocycles. The number of ether oxygens (including phenoxy) is 1. The maximum absolute atomic E-state index is 12.7. The third kappa shape index (κ3) is 5.69.